The van der Waals surface area contributed by atoms with Crippen LogP contribution in [0, 0.1) is 0 Å². The number of amides is 1. The van der Waals surface area contributed by atoms with Crippen LogP contribution < -0.4 is 21.0 Å². The number of nitrogens with one attached hydrogen (secondary N) is 2. The van der Waals surface area contributed by atoms with E-state index in [0.717, 1.165) is 18.2 Å². The van der Waals surface area contributed by atoms with Crippen molar-refractivity contribution in [2.45, 2.75) is 37.4 Å². The van der Waals surface area contributed by atoms with E-state index < -0.39 is 5.63 Å². The van der Waals surface area contributed by atoms with Gasteiger partial charge in [-0.05, 0) is 37.5 Å². The Bertz CT molecular complexity index is 801. The van der Waals surface area contributed by atoms with Gasteiger partial charge < -0.3 is 19.8 Å². The third-order valence-electron chi connectivity index (χ3n) is 4.61. The second-order valence-corrected chi connectivity index (χ2v) is 6.20. The fourth-order valence-corrected chi connectivity index (χ4v) is 3.51. The molecule has 3 heterocycles. The molecule has 2 aliphatic rings. The largest absolute Gasteiger partial charge is 0.484 e. The van der Waals surface area contributed by atoms with Crippen LogP contribution in [0.1, 0.15) is 19.3 Å². The summed E-state index contributed by atoms with van der Waals surface area (Å²) in [6.45, 7) is -0.0452. The molecule has 2 N–H and O–H groups in total. The number of rotatable bonds is 4. The quantitative estimate of drug-likeness (QED) is 0.828. The molecule has 0 radical (unpaired) electrons. The second-order valence-electron chi connectivity index (χ2n) is 6.20. The lowest BCUT2D eigenvalue weighted by Crippen LogP contribution is -2.44. The van der Waals surface area contributed by atoms with Gasteiger partial charge >= 0.3 is 5.63 Å². The highest BCUT2D eigenvalue weighted by molar-refractivity contribution is 5.79. The van der Waals surface area contributed by atoms with Gasteiger partial charge in [0.2, 0.25) is 0 Å². The predicted molar refractivity (Wildman–Crippen MR) is 84.5 cm³/mol. The first kappa shape index (κ1) is 14.3. The van der Waals surface area contributed by atoms with Crippen molar-refractivity contribution in [1.29, 1.82) is 0 Å². The molecule has 2 aromatic rings. The summed E-state index contributed by atoms with van der Waals surface area (Å²) in [7, 11) is 0. The van der Waals surface area contributed by atoms with Crippen LogP contribution in [0.3, 0.4) is 0 Å². The number of fused-ring (bicyclic) bond motifs is 3. The van der Waals surface area contributed by atoms with Gasteiger partial charge in [0, 0.05) is 35.6 Å². The molecule has 0 spiro atoms. The Morgan fingerprint density at radius 1 is 1.30 bits per heavy atom. The third kappa shape index (κ3) is 2.94. The Balaban J connectivity index is 1.36. The molecule has 23 heavy (non-hydrogen) atoms. The number of carbonyl (C=O) groups is 1. The molecule has 0 aliphatic carbocycles. The molecule has 4 rings (SSSR count). The van der Waals surface area contributed by atoms with Crippen molar-refractivity contribution in [3.05, 3.63) is 40.8 Å². The lowest BCUT2D eigenvalue weighted by Gasteiger charge is -2.21. The fraction of sp³-hybridized carbons (Fsp3) is 0.412. The predicted octanol–water partition coefficient (Wildman–Crippen LogP) is 1.18. The van der Waals surface area contributed by atoms with Gasteiger partial charge in [-0.25, -0.2) is 4.79 Å². The molecule has 2 fully saturated rings. The number of hydrogen-bond donors (Lipinski definition) is 2. The van der Waals surface area contributed by atoms with Crippen LogP contribution in [0.25, 0.3) is 11.0 Å². The number of benzene rings is 1. The van der Waals surface area contributed by atoms with Crippen LogP contribution >= 0.6 is 0 Å². The van der Waals surface area contributed by atoms with Gasteiger partial charge in [-0.1, -0.05) is 0 Å². The highest BCUT2D eigenvalue weighted by Gasteiger charge is 2.39. The van der Waals surface area contributed by atoms with Crippen molar-refractivity contribution in [2.75, 3.05) is 6.61 Å². The minimum Gasteiger partial charge on any atom is -0.484 e. The normalized spacial score (nSPS) is 25.7. The van der Waals surface area contributed by atoms with E-state index in [4.69, 9.17) is 9.15 Å². The summed E-state index contributed by atoms with van der Waals surface area (Å²) in [5.41, 5.74) is 0.0453. The van der Waals surface area contributed by atoms with E-state index in [-0.39, 0.29) is 18.6 Å². The molecule has 0 unspecified atom stereocenters. The SMILES string of the molecule is O=C(COc1ccc2ccc(=O)oc2c1)N[C@H]1C[C@H]2CC[C@@H]1N2. The third-order valence-corrected chi connectivity index (χ3v) is 4.61. The Morgan fingerprint density at radius 3 is 2.96 bits per heavy atom. The average Bonchev–Trinajstić information content (AvgIpc) is 3.15. The van der Waals surface area contributed by atoms with Gasteiger partial charge in [0.1, 0.15) is 11.3 Å². The molecular formula is C17H18N2O4. The summed E-state index contributed by atoms with van der Waals surface area (Å²) in [5.74, 6) is 0.382. The van der Waals surface area contributed by atoms with Crippen molar-refractivity contribution in [3.63, 3.8) is 0 Å². The maximum Gasteiger partial charge on any atom is 0.336 e. The second kappa shape index (κ2) is 5.70. The van der Waals surface area contributed by atoms with Gasteiger partial charge in [0.25, 0.3) is 5.91 Å². The summed E-state index contributed by atoms with van der Waals surface area (Å²) >= 11 is 0. The Kier molecular flexibility index (Phi) is 3.53. The van der Waals surface area contributed by atoms with Gasteiger partial charge in [-0.2, -0.15) is 0 Å². The first-order chi connectivity index (χ1) is 11.2. The highest BCUT2D eigenvalue weighted by Crippen LogP contribution is 2.28. The molecule has 6 heteroatoms. The van der Waals surface area contributed by atoms with Crippen LogP contribution in [-0.2, 0) is 4.79 Å². The molecule has 1 amide bonds. The van der Waals surface area contributed by atoms with Crippen molar-refractivity contribution in [1.82, 2.24) is 10.6 Å². The van der Waals surface area contributed by atoms with Gasteiger partial charge in [0.15, 0.2) is 6.61 Å². The van der Waals surface area contributed by atoms with Crippen LogP contribution in [0.5, 0.6) is 5.75 Å². The summed E-state index contributed by atoms with van der Waals surface area (Å²) in [6, 6.07) is 9.41. The van der Waals surface area contributed by atoms with Crippen LogP contribution in [-0.4, -0.2) is 30.6 Å². The first-order valence-electron chi connectivity index (χ1n) is 7.89. The Labute approximate surface area is 132 Å². The van der Waals surface area contributed by atoms with Crippen LogP contribution in [0.15, 0.2) is 39.5 Å². The lowest BCUT2D eigenvalue weighted by atomic mass is 9.95. The van der Waals surface area contributed by atoms with E-state index >= 15 is 0 Å². The van der Waals surface area contributed by atoms with E-state index in [9.17, 15) is 9.59 Å². The topological polar surface area (TPSA) is 80.6 Å². The Morgan fingerprint density at radius 2 is 2.17 bits per heavy atom. The molecule has 2 aliphatic heterocycles. The standard InChI is InChI=1S/C17H18N2O4/c20-16(19-14-7-11-3-5-13(14)18-11)9-22-12-4-1-10-2-6-17(21)23-15(10)8-12/h1-2,4,6,8,11,13-14,18H,3,5,7,9H2,(H,19,20)/t11-,13+,14+/m1/s1. The lowest BCUT2D eigenvalue weighted by molar-refractivity contribution is -0.123. The maximum absolute atomic E-state index is 12.0. The molecular weight excluding hydrogens is 296 g/mol. The molecule has 2 saturated heterocycles. The number of ether oxygens (including phenoxy) is 1. The average molecular weight is 314 g/mol. The zero-order valence-electron chi connectivity index (χ0n) is 12.6. The summed E-state index contributed by atoms with van der Waals surface area (Å²) in [6.07, 6.45) is 3.33. The highest BCUT2D eigenvalue weighted by atomic mass is 16.5. The summed E-state index contributed by atoms with van der Waals surface area (Å²) in [5, 5.41) is 7.33. The van der Waals surface area contributed by atoms with Crippen molar-refractivity contribution >= 4 is 16.9 Å². The van der Waals surface area contributed by atoms with Crippen LogP contribution in [0.4, 0.5) is 0 Å². The van der Waals surface area contributed by atoms with E-state index in [2.05, 4.69) is 10.6 Å². The zero-order valence-corrected chi connectivity index (χ0v) is 12.6. The molecule has 0 saturated carbocycles. The smallest absolute Gasteiger partial charge is 0.336 e. The first-order valence-corrected chi connectivity index (χ1v) is 7.89. The van der Waals surface area contributed by atoms with E-state index in [1.807, 2.05) is 0 Å². The van der Waals surface area contributed by atoms with E-state index in [1.54, 1.807) is 24.3 Å². The molecule has 6 nitrogen and oxygen atoms in total. The fourth-order valence-electron chi connectivity index (χ4n) is 3.51. The number of carbonyl (C=O) groups excluding carboxylic acids is 1. The number of hydrogen-bond acceptors (Lipinski definition) is 5. The molecule has 2 bridgehead atoms. The minimum absolute atomic E-state index is 0.0452. The van der Waals surface area contributed by atoms with Crippen LogP contribution in [0.2, 0.25) is 0 Å². The molecule has 120 valence electrons. The maximum atomic E-state index is 12.0. The molecule has 1 aromatic heterocycles. The molecule has 1 aromatic carbocycles. The van der Waals surface area contributed by atoms with Gasteiger partial charge in [0.05, 0.1) is 0 Å². The van der Waals surface area contributed by atoms with Gasteiger partial charge in [-0.3, -0.25) is 4.79 Å². The van der Waals surface area contributed by atoms with Crippen molar-refractivity contribution in [3.8, 4) is 5.75 Å². The summed E-state index contributed by atoms with van der Waals surface area (Å²) in [4.78, 5) is 23.3. The van der Waals surface area contributed by atoms with Crippen molar-refractivity contribution in [2.24, 2.45) is 0 Å². The monoisotopic (exact) mass is 314 g/mol. The van der Waals surface area contributed by atoms with E-state index in [0.29, 0.717) is 23.4 Å². The summed E-state index contributed by atoms with van der Waals surface area (Å²) < 4.78 is 10.6. The van der Waals surface area contributed by atoms with Crippen molar-refractivity contribution < 1.29 is 13.9 Å². The minimum atomic E-state index is -0.406. The van der Waals surface area contributed by atoms with E-state index in [1.165, 1.54) is 12.5 Å². The van der Waals surface area contributed by atoms with Gasteiger partial charge in [-0.15, -0.1) is 0 Å². The zero-order chi connectivity index (χ0) is 15.8. The molecule has 3 atom stereocenters. The Hall–Kier alpha value is -2.34.